The maximum absolute atomic E-state index is 13.0. The molecule has 1 aliphatic rings. The fraction of sp³-hybridized carbons (Fsp3) is 0.300. The molecule has 0 unspecified atom stereocenters. The van der Waals surface area contributed by atoms with E-state index in [1.807, 2.05) is 43.5 Å². The number of aromatic nitrogens is 4. The van der Waals surface area contributed by atoms with Gasteiger partial charge in [0.1, 0.15) is 5.82 Å². The van der Waals surface area contributed by atoms with Gasteiger partial charge in [-0.1, -0.05) is 12.1 Å². The molecule has 0 aliphatic heterocycles. The van der Waals surface area contributed by atoms with Crippen molar-refractivity contribution in [1.29, 1.82) is 0 Å². The number of rotatable bonds is 5. The Balaban J connectivity index is 1.48. The van der Waals surface area contributed by atoms with Crippen LogP contribution >= 0.6 is 0 Å². The van der Waals surface area contributed by atoms with E-state index in [9.17, 15) is 4.79 Å². The van der Waals surface area contributed by atoms with Crippen molar-refractivity contribution in [2.75, 3.05) is 5.32 Å². The molecule has 2 aromatic heterocycles. The number of para-hydroxylation sites is 1. The summed E-state index contributed by atoms with van der Waals surface area (Å²) in [6, 6.07) is 9.53. The zero-order valence-corrected chi connectivity index (χ0v) is 15.2. The summed E-state index contributed by atoms with van der Waals surface area (Å²) in [5.74, 6) is 0.651. The highest BCUT2D eigenvalue weighted by Crippen LogP contribution is 2.23. The molecular weight excluding hydrogens is 340 g/mol. The van der Waals surface area contributed by atoms with E-state index in [0.29, 0.717) is 5.56 Å². The molecule has 0 bridgehead atoms. The Kier molecular flexibility index (Phi) is 4.82. The van der Waals surface area contributed by atoms with Crippen LogP contribution < -0.4 is 10.6 Å². The van der Waals surface area contributed by atoms with Gasteiger partial charge in [-0.25, -0.2) is 9.67 Å². The van der Waals surface area contributed by atoms with Gasteiger partial charge >= 0.3 is 0 Å². The van der Waals surface area contributed by atoms with E-state index >= 15 is 0 Å². The van der Waals surface area contributed by atoms with Crippen LogP contribution in [0.2, 0.25) is 0 Å². The first-order valence-electron chi connectivity index (χ1n) is 9.16. The molecule has 1 amide bonds. The summed E-state index contributed by atoms with van der Waals surface area (Å²) in [6.45, 7) is 1.91. The Hall–Kier alpha value is -3.22. The molecule has 1 fully saturated rings. The van der Waals surface area contributed by atoms with Crippen molar-refractivity contribution in [2.45, 2.75) is 38.3 Å². The van der Waals surface area contributed by atoms with Crippen molar-refractivity contribution >= 4 is 11.7 Å². The number of hydrogen-bond donors (Lipinski definition) is 2. The maximum Gasteiger partial charge on any atom is 0.253 e. The Bertz CT molecular complexity index is 906. The van der Waals surface area contributed by atoms with E-state index < -0.39 is 0 Å². The summed E-state index contributed by atoms with van der Waals surface area (Å²) in [7, 11) is 0. The van der Waals surface area contributed by atoms with E-state index in [1.165, 1.54) is 0 Å². The van der Waals surface area contributed by atoms with Gasteiger partial charge in [0.15, 0.2) is 0 Å². The highest BCUT2D eigenvalue weighted by Gasteiger charge is 2.29. The lowest BCUT2D eigenvalue weighted by atomic mass is 10.1. The summed E-state index contributed by atoms with van der Waals surface area (Å²) in [5, 5.41) is 10.8. The number of carbonyl (C=O) groups is 1. The number of anilines is 1. The summed E-state index contributed by atoms with van der Waals surface area (Å²) < 4.78 is 1.71. The third kappa shape index (κ3) is 3.81. The Morgan fingerprint density at radius 3 is 2.74 bits per heavy atom. The third-order valence-corrected chi connectivity index (χ3v) is 4.85. The molecule has 0 spiro atoms. The summed E-state index contributed by atoms with van der Waals surface area (Å²) in [4.78, 5) is 21.6. The second-order valence-electron chi connectivity index (χ2n) is 6.77. The van der Waals surface area contributed by atoms with E-state index in [4.69, 9.17) is 0 Å². The standard InChI is InChI=1S/C20H22N6O/c1-14-12-22-19(13-21-14)24-16-7-4-8-17(16)25-20(27)15-6-2-3-9-18(15)26-11-5-10-23-26/h2-3,5-6,9-13,16-17H,4,7-8H2,1H3,(H,22,24)(H,25,27)/t16-,17-/m0/s1. The number of amides is 1. The normalized spacial score (nSPS) is 19.0. The smallest absolute Gasteiger partial charge is 0.253 e. The topological polar surface area (TPSA) is 84.7 Å². The molecule has 27 heavy (non-hydrogen) atoms. The largest absolute Gasteiger partial charge is 0.364 e. The van der Waals surface area contributed by atoms with Gasteiger partial charge in [0.05, 0.1) is 29.3 Å². The van der Waals surface area contributed by atoms with Gasteiger partial charge in [0.2, 0.25) is 0 Å². The van der Waals surface area contributed by atoms with Gasteiger partial charge in [-0.2, -0.15) is 5.10 Å². The van der Waals surface area contributed by atoms with Crippen molar-refractivity contribution in [3.8, 4) is 5.69 Å². The molecule has 4 rings (SSSR count). The van der Waals surface area contributed by atoms with E-state index in [0.717, 1.165) is 36.5 Å². The predicted molar refractivity (Wildman–Crippen MR) is 103 cm³/mol. The number of benzene rings is 1. The molecule has 7 nitrogen and oxygen atoms in total. The molecule has 2 heterocycles. The van der Waals surface area contributed by atoms with Gasteiger partial charge in [-0.05, 0) is 44.4 Å². The molecular formula is C20H22N6O. The summed E-state index contributed by atoms with van der Waals surface area (Å²) >= 11 is 0. The second-order valence-corrected chi connectivity index (χ2v) is 6.77. The number of nitrogens with zero attached hydrogens (tertiary/aromatic N) is 4. The molecule has 1 aliphatic carbocycles. The summed E-state index contributed by atoms with van der Waals surface area (Å²) in [5.41, 5.74) is 2.26. The van der Waals surface area contributed by atoms with Gasteiger partial charge in [-0.15, -0.1) is 0 Å². The SMILES string of the molecule is Cc1cnc(N[C@H]2CCC[C@@H]2NC(=O)c2ccccc2-n2cccn2)cn1. The highest BCUT2D eigenvalue weighted by atomic mass is 16.1. The summed E-state index contributed by atoms with van der Waals surface area (Å²) in [6.07, 6.45) is 10.00. The van der Waals surface area contributed by atoms with Crippen molar-refractivity contribution in [3.63, 3.8) is 0 Å². The monoisotopic (exact) mass is 362 g/mol. The third-order valence-electron chi connectivity index (χ3n) is 4.85. The molecule has 0 radical (unpaired) electrons. The quantitative estimate of drug-likeness (QED) is 0.729. The number of carbonyl (C=O) groups excluding carboxylic acids is 1. The molecule has 1 saturated carbocycles. The van der Waals surface area contributed by atoms with Crippen LogP contribution in [0.1, 0.15) is 35.3 Å². The zero-order chi connectivity index (χ0) is 18.6. The van der Waals surface area contributed by atoms with Gasteiger partial charge < -0.3 is 10.6 Å². The van der Waals surface area contributed by atoms with Crippen molar-refractivity contribution in [2.24, 2.45) is 0 Å². The molecule has 138 valence electrons. The lowest BCUT2D eigenvalue weighted by Crippen LogP contribution is -2.43. The van der Waals surface area contributed by atoms with Crippen LogP contribution in [0.5, 0.6) is 0 Å². The second kappa shape index (κ2) is 7.57. The predicted octanol–water partition coefficient (Wildman–Crippen LogP) is 2.73. The van der Waals surface area contributed by atoms with Gasteiger partial charge in [0.25, 0.3) is 5.91 Å². The van der Waals surface area contributed by atoms with Gasteiger partial charge in [-0.3, -0.25) is 9.78 Å². The molecule has 1 aromatic carbocycles. The first kappa shape index (κ1) is 17.2. The first-order chi connectivity index (χ1) is 13.2. The van der Waals surface area contributed by atoms with Crippen LogP contribution in [-0.2, 0) is 0 Å². The van der Waals surface area contributed by atoms with E-state index in [1.54, 1.807) is 23.3 Å². The number of nitrogens with one attached hydrogen (secondary N) is 2. The Morgan fingerprint density at radius 2 is 1.96 bits per heavy atom. The van der Waals surface area contributed by atoms with Crippen LogP contribution in [0.3, 0.4) is 0 Å². The maximum atomic E-state index is 13.0. The van der Waals surface area contributed by atoms with Crippen molar-refractivity contribution in [1.82, 2.24) is 25.1 Å². The lowest BCUT2D eigenvalue weighted by Gasteiger charge is -2.23. The first-order valence-corrected chi connectivity index (χ1v) is 9.16. The minimum atomic E-state index is -0.0882. The van der Waals surface area contributed by atoms with Crippen molar-refractivity contribution < 1.29 is 4.79 Å². The van der Waals surface area contributed by atoms with Gasteiger partial charge in [0, 0.05) is 24.5 Å². The fourth-order valence-corrected chi connectivity index (χ4v) is 3.49. The van der Waals surface area contributed by atoms with E-state index in [2.05, 4.69) is 25.7 Å². The molecule has 0 saturated heterocycles. The molecule has 7 heteroatoms. The minimum absolute atomic E-state index is 0.0475. The zero-order valence-electron chi connectivity index (χ0n) is 15.2. The van der Waals surface area contributed by atoms with Crippen LogP contribution in [0.15, 0.2) is 55.1 Å². The van der Waals surface area contributed by atoms with Crippen molar-refractivity contribution in [3.05, 3.63) is 66.4 Å². The molecule has 2 N–H and O–H groups in total. The molecule has 3 aromatic rings. The Morgan fingerprint density at radius 1 is 1.11 bits per heavy atom. The average molecular weight is 362 g/mol. The molecule has 2 atom stereocenters. The van der Waals surface area contributed by atoms with Crippen LogP contribution in [0.4, 0.5) is 5.82 Å². The average Bonchev–Trinajstić information content (AvgIpc) is 3.36. The highest BCUT2D eigenvalue weighted by molar-refractivity contribution is 5.98. The number of aryl methyl sites for hydroxylation is 1. The number of hydrogen-bond acceptors (Lipinski definition) is 5. The van der Waals surface area contributed by atoms with Crippen LogP contribution in [0.25, 0.3) is 5.69 Å². The van der Waals surface area contributed by atoms with E-state index in [-0.39, 0.29) is 18.0 Å². The fourth-order valence-electron chi connectivity index (χ4n) is 3.49. The Labute approximate surface area is 157 Å². The lowest BCUT2D eigenvalue weighted by molar-refractivity contribution is 0.0935. The minimum Gasteiger partial charge on any atom is -0.364 e. The van der Waals surface area contributed by atoms with Crippen LogP contribution in [-0.4, -0.2) is 37.7 Å². The van der Waals surface area contributed by atoms with Crippen LogP contribution in [0, 0.1) is 6.92 Å².